The van der Waals surface area contributed by atoms with Gasteiger partial charge in [0, 0.05) is 13.1 Å². The fourth-order valence-electron chi connectivity index (χ4n) is 3.63. The number of aliphatic imine (C=N–C) groups is 1. The van der Waals surface area contributed by atoms with Crippen molar-refractivity contribution in [2.75, 3.05) is 26.3 Å². The minimum absolute atomic E-state index is 0.154. The van der Waals surface area contributed by atoms with Gasteiger partial charge in [0.2, 0.25) is 0 Å². The van der Waals surface area contributed by atoms with Crippen molar-refractivity contribution in [2.24, 2.45) is 4.99 Å². The molecule has 5 heteroatoms. The van der Waals surface area contributed by atoms with Gasteiger partial charge in [-0.2, -0.15) is 4.99 Å². The van der Waals surface area contributed by atoms with E-state index >= 15 is 0 Å². The molecule has 4 nitrogen and oxygen atoms in total. The van der Waals surface area contributed by atoms with Crippen molar-refractivity contribution in [3.63, 3.8) is 0 Å². The number of amides is 1. The van der Waals surface area contributed by atoms with Crippen LogP contribution >= 0.6 is 11.8 Å². The van der Waals surface area contributed by atoms with Crippen molar-refractivity contribution >= 4 is 50.5 Å². The van der Waals surface area contributed by atoms with Gasteiger partial charge in [-0.15, -0.1) is 0 Å². The number of thioether (sulfide) groups is 1. The van der Waals surface area contributed by atoms with Crippen molar-refractivity contribution in [1.82, 2.24) is 4.90 Å². The Morgan fingerprint density at radius 1 is 0.963 bits per heavy atom. The third-order valence-corrected chi connectivity index (χ3v) is 6.02. The summed E-state index contributed by atoms with van der Waals surface area (Å²) < 4.78 is 5.39. The van der Waals surface area contributed by atoms with E-state index < -0.39 is 0 Å². The molecular weight excluding hydrogens is 356 g/mol. The van der Waals surface area contributed by atoms with Crippen LogP contribution in [0.3, 0.4) is 0 Å². The summed E-state index contributed by atoms with van der Waals surface area (Å²) in [7, 11) is 0. The van der Waals surface area contributed by atoms with Gasteiger partial charge in [0.05, 0.1) is 18.1 Å². The van der Waals surface area contributed by atoms with Crippen LogP contribution in [0.5, 0.6) is 0 Å². The summed E-state index contributed by atoms with van der Waals surface area (Å²) in [6, 6.07) is 18.9. The Kier molecular flexibility index (Phi) is 4.19. The van der Waals surface area contributed by atoms with Crippen LogP contribution in [0.15, 0.2) is 64.5 Å². The maximum Gasteiger partial charge on any atom is 0.286 e. The van der Waals surface area contributed by atoms with E-state index in [1.165, 1.54) is 27.9 Å². The van der Waals surface area contributed by atoms with Crippen LogP contribution in [0.1, 0.15) is 5.56 Å². The van der Waals surface area contributed by atoms with Gasteiger partial charge in [-0.05, 0) is 51.0 Å². The number of amidine groups is 1. The smallest absolute Gasteiger partial charge is 0.286 e. The molecule has 1 saturated heterocycles. The molecule has 0 N–H and O–H groups in total. The molecule has 0 aliphatic carbocycles. The number of nitrogens with zero attached hydrogens (tertiary/aromatic N) is 2. The van der Waals surface area contributed by atoms with Gasteiger partial charge < -0.3 is 9.64 Å². The summed E-state index contributed by atoms with van der Waals surface area (Å²) in [6.07, 6.45) is 1.98. The fourth-order valence-corrected chi connectivity index (χ4v) is 4.59. The van der Waals surface area contributed by atoms with Gasteiger partial charge >= 0.3 is 0 Å². The van der Waals surface area contributed by atoms with E-state index in [9.17, 15) is 4.79 Å². The van der Waals surface area contributed by atoms with E-state index in [0.717, 1.165) is 29.2 Å². The standard InChI is InChI=1S/C22H18N2O2S/c25-21-20(27-22(23-21)24-9-11-26-12-10-24)14-16-13-15-5-1-2-6-17(15)19-8-4-3-7-18(16)19/h1-8,13-14H,9-12H2/b20-14-. The molecule has 1 fully saturated rings. The van der Waals surface area contributed by atoms with Crippen molar-refractivity contribution < 1.29 is 9.53 Å². The average Bonchev–Trinajstić information content (AvgIpc) is 3.09. The summed E-state index contributed by atoms with van der Waals surface area (Å²) in [5.41, 5.74) is 1.05. The highest BCUT2D eigenvalue weighted by Gasteiger charge is 2.27. The third-order valence-electron chi connectivity index (χ3n) is 4.98. The molecule has 0 unspecified atom stereocenters. The molecule has 3 aromatic carbocycles. The second kappa shape index (κ2) is 6.83. The molecule has 134 valence electrons. The SMILES string of the molecule is O=C1N=C(N2CCOCC2)S/C1=C\c1cc2ccccc2c2ccccc12. The summed E-state index contributed by atoms with van der Waals surface area (Å²) in [5.74, 6) is -0.154. The molecule has 0 saturated carbocycles. The normalized spacial score (nSPS) is 19.3. The van der Waals surface area contributed by atoms with E-state index in [1.54, 1.807) is 0 Å². The molecule has 1 amide bonds. The van der Waals surface area contributed by atoms with Gasteiger partial charge in [0.15, 0.2) is 5.17 Å². The van der Waals surface area contributed by atoms with Crippen LogP contribution in [0.2, 0.25) is 0 Å². The van der Waals surface area contributed by atoms with Gasteiger partial charge in [0.25, 0.3) is 5.91 Å². The van der Waals surface area contributed by atoms with Crippen LogP contribution in [-0.4, -0.2) is 42.3 Å². The lowest BCUT2D eigenvalue weighted by atomic mass is 9.97. The molecule has 27 heavy (non-hydrogen) atoms. The van der Waals surface area contributed by atoms with Crippen molar-refractivity contribution in [3.05, 3.63) is 65.1 Å². The Hall–Kier alpha value is -2.63. The van der Waals surface area contributed by atoms with Crippen LogP contribution in [0.25, 0.3) is 27.6 Å². The minimum Gasteiger partial charge on any atom is -0.378 e. The highest BCUT2D eigenvalue weighted by atomic mass is 32.2. The average molecular weight is 374 g/mol. The van der Waals surface area contributed by atoms with Gasteiger partial charge in [-0.3, -0.25) is 4.79 Å². The number of carbonyl (C=O) groups is 1. The quantitative estimate of drug-likeness (QED) is 0.471. The topological polar surface area (TPSA) is 41.9 Å². The second-order valence-corrected chi connectivity index (χ2v) is 7.65. The third kappa shape index (κ3) is 3.03. The zero-order valence-corrected chi connectivity index (χ0v) is 15.5. The molecule has 0 atom stereocenters. The number of hydrogen-bond acceptors (Lipinski definition) is 4. The van der Waals surface area contributed by atoms with Crippen molar-refractivity contribution in [1.29, 1.82) is 0 Å². The monoisotopic (exact) mass is 374 g/mol. The molecule has 2 aliphatic heterocycles. The van der Waals surface area contributed by atoms with Crippen molar-refractivity contribution in [3.8, 4) is 0 Å². The number of hydrogen-bond donors (Lipinski definition) is 0. The number of morpholine rings is 1. The van der Waals surface area contributed by atoms with Gasteiger partial charge in [0.1, 0.15) is 0 Å². The molecule has 2 heterocycles. The van der Waals surface area contributed by atoms with E-state index in [0.29, 0.717) is 18.1 Å². The molecular formula is C22H18N2O2S. The summed E-state index contributed by atoms with van der Waals surface area (Å²) in [4.78, 5) is 19.6. The first-order valence-electron chi connectivity index (χ1n) is 9.05. The number of ether oxygens (including phenoxy) is 1. The van der Waals surface area contributed by atoms with Crippen LogP contribution in [0.4, 0.5) is 0 Å². The summed E-state index contributed by atoms with van der Waals surface area (Å²) in [5, 5.41) is 5.54. The largest absolute Gasteiger partial charge is 0.378 e. The number of rotatable bonds is 1. The Bertz CT molecular complexity index is 1110. The molecule has 0 radical (unpaired) electrons. The van der Waals surface area contributed by atoms with Gasteiger partial charge in [-0.25, -0.2) is 0 Å². The first-order valence-corrected chi connectivity index (χ1v) is 9.87. The highest BCUT2D eigenvalue weighted by Crippen LogP contribution is 2.34. The van der Waals surface area contributed by atoms with Crippen LogP contribution in [-0.2, 0) is 9.53 Å². The Morgan fingerprint density at radius 2 is 1.67 bits per heavy atom. The first kappa shape index (κ1) is 16.5. The number of fused-ring (bicyclic) bond motifs is 3. The first-order chi connectivity index (χ1) is 13.3. The molecule has 2 aliphatic rings. The summed E-state index contributed by atoms with van der Waals surface area (Å²) in [6.45, 7) is 2.93. The lowest BCUT2D eigenvalue weighted by Crippen LogP contribution is -2.38. The lowest BCUT2D eigenvalue weighted by molar-refractivity contribution is -0.113. The minimum atomic E-state index is -0.154. The predicted molar refractivity (Wildman–Crippen MR) is 112 cm³/mol. The number of benzene rings is 3. The van der Waals surface area contributed by atoms with Crippen LogP contribution < -0.4 is 0 Å². The van der Waals surface area contributed by atoms with Crippen LogP contribution in [0, 0.1) is 0 Å². The molecule has 3 aromatic rings. The number of carbonyl (C=O) groups excluding carboxylic acids is 1. The van der Waals surface area contributed by atoms with E-state index in [4.69, 9.17) is 4.74 Å². The Labute approximate surface area is 161 Å². The molecule has 0 spiro atoms. The Morgan fingerprint density at radius 3 is 2.48 bits per heavy atom. The van der Waals surface area contributed by atoms with E-state index in [1.807, 2.05) is 18.2 Å². The fraction of sp³-hybridized carbons (Fsp3) is 0.182. The zero-order valence-electron chi connectivity index (χ0n) is 14.7. The molecule has 5 rings (SSSR count). The molecule has 0 bridgehead atoms. The van der Waals surface area contributed by atoms with E-state index in [2.05, 4.69) is 52.4 Å². The predicted octanol–water partition coefficient (Wildman–Crippen LogP) is 4.30. The maximum absolute atomic E-state index is 12.5. The van der Waals surface area contributed by atoms with Gasteiger partial charge in [-0.1, -0.05) is 48.5 Å². The maximum atomic E-state index is 12.5. The lowest BCUT2D eigenvalue weighted by Gasteiger charge is -2.27. The van der Waals surface area contributed by atoms with Crippen molar-refractivity contribution in [2.45, 2.75) is 0 Å². The Balaban J connectivity index is 1.57. The molecule has 0 aromatic heterocycles. The second-order valence-electron chi connectivity index (χ2n) is 6.64. The summed E-state index contributed by atoms with van der Waals surface area (Å²) >= 11 is 1.47. The highest BCUT2D eigenvalue weighted by molar-refractivity contribution is 8.18. The zero-order chi connectivity index (χ0) is 18.2. The van der Waals surface area contributed by atoms with E-state index in [-0.39, 0.29) is 5.91 Å².